The number of non-ortho nitro benzene ring substituents is 1. The number of nitrogens with zero attached hydrogens (tertiary/aromatic N) is 2. The smallest absolute Gasteiger partial charge is 0.353 e. The van der Waals surface area contributed by atoms with Gasteiger partial charge in [-0.25, -0.2) is 21.4 Å². The third-order valence-electron chi connectivity index (χ3n) is 4.96. The lowest BCUT2D eigenvalue weighted by atomic mass is 10.2. The number of aryl methyl sites for hydroxylation is 3. The van der Waals surface area contributed by atoms with E-state index in [0.29, 0.717) is 9.83 Å². The molecular formula is C22H22N4O7S3. The molecule has 0 fully saturated rings. The van der Waals surface area contributed by atoms with Gasteiger partial charge in [0.2, 0.25) is 0 Å². The van der Waals surface area contributed by atoms with Crippen molar-refractivity contribution in [1.29, 1.82) is 0 Å². The number of nitro benzene ring substituents is 1. The number of benzene rings is 3. The molecule has 190 valence electrons. The SMILES string of the molecule is Cc1ccc(S(=O)(=O)NNc2sc3cc([N+](=O)[O-])ccc3[n+]2C)cc1.Cc1ccc(S(=O)(=O)[O-])cc1. The molecule has 0 aliphatic heterocycles. The molecular weight excluding hydrogens is 528 g/mol. The zero-order valence-electron chi connectivity index (χ0n) is 19.3. The van der Waals surface area contributed by atoms with E-state index in [1.165, 1.54) is 47.7 Å². The van der Waals surface area contributed by atoms with E-state index in [1.54, 1.807) is 41.9 Å². The third kappa shape index (κ3) is 6.61. The zero-order valence-corrected chi connectivity index (χ0v) is 21.8. The second kappa shape index (κ2) is 10.7. The summed E-state index contributed by atoms with van der Waals surface area (Å²) >= 11 is 1.21. The average molecular weight is 551 g/mol. The Morgan fingerprint density at radius 1 is 0.861 bits per heavy atom. The fraction of sp³-hybridized carbons (Fsp3) is 0.136. The first-order valence-corrected chi connectivity index (χ1v) is 13.9. The highest BCUT2D eigenvalue weighted by Gasteiger charge is 2.21. The average Bonchev–Trinajstić information content (AvgIpc) is 3.13. The van der Waals surface area contributed by atoms with E-state index in [2.05, 4.69) is 10.3 Å². The minimum Gasteiger partial charge on any atom is -0.744 e. The van der Waals surface area contributed by atoms with Crippen LogP contribution in [0.1, 0.15) is 11.1 Å². The van der Waals surface area contributed by atoms with Gasteiger partial charge >= 0.3 is 5.13 Å². The molecule has 11 nitrogen and oxygen atoms in total. The third-order valence-corrected chi connectivity index (χ3v) is 8.19. The summed E-state index contributed by atoms with van der Waals surface area (Å²) in [5.74, 6) is 0. The van der Waals surface area contributed by atoms with Crippen LogP contribution in [0.2, 0.25) is 0 Å². The van der Waals surface area contributed by atoms with Gasteiger partial charge in [0.1, 0.15) is 15.6 Å². The molecule has 0 saturated carbocycles. The number of hydrazine groups is 1. The summed E-state index contributed by atoms with van der Waals surface area (Å²) in [6.45, 7) is 3.69. The Kier molecular flexibility index (Phi) is 8.05. The highest BCUT2D eigenvalue weighted by atomic mass is 32.2. The molecule has 0 spiro atoms. The first kappa shape index (κ1) is 27.2. The van der Waals surface area contributed by atoms with Gasteiger partial charge < -0.3 is 4.55 Å². The molecule has 14 heteroatoms. The molecule has 3 aromatic carbocycles. The van der Waals surface area contributed by atoms with Crippen LogP contribution in [0.4, 0.5) is 10.8 Å². The van der Waals surface area contributed by atoms with Gasteiger partial charge in [-0.1, -0.05) is 35.4 Å². The van der Waals surface area contributed by atoms with Crippen LogP contribution in [0.5, 0.6) is 0 Å². The summed E-state index contributed by atoms with van der Waals surface area (Å²) in [4.78, 5) is 12.7. The Morgan fingerprint density at radius 2 is 1.39 bits per heavy atom. The van der Waals surface area contributed by atoms with Crippen LogP contribution in [-0.2, 0) is 27.2 Å². The molecule has 0 aliphatic rings. The van der Waals surface area contributed by atoms with Crippen molar-refractivity contribution in [3.63, 3.8) is 0 Å². The number of hydrogen-bond acceptors (Lipinski definition) is 9. The number of hydrogen-bond donors (Lipinski definition) is 2. The summed E-state index contributed by atoms with van der Waals surface area (Å²) in [6.07, 6.45) is 0. The van der Waals surface area contributed by atoms with Gasteiger partial charge in [0.15, 0.2) is 0 Å². The highest BCUT2D eigenvalue weighted by Crippen LogP contribution is 2.27. The molecule has 1 aromatic heterocycles. The number of nitro groups is 1. The predicted molar refractivity (Wildman–Crippen MR) is 134 cm³/mol. The second-order valence-electron chi connectivity index (χ2n) is 7.69. The van der Waals surface area contributed by atoms with Crippen LogP contribution in [0.25, 0.3) is 10.2 Å². The Hall–Kier alpha value is -3.43. The minimum atomic E-state index is -4.27. The summed E-state index contributed by atoms with van der Waals surface area (Å²) in [5, 5.41) is 11.4. The number of rotatable bonds is 6. The van der Waals surface area contributed by atoms with Crippen LogP contribution in [0.3, 0.4) is 0 Å². The van der Waals surface area contributed by atoms with Crippen molar-refractivity contribution < 1.29 is 30.9 Å². The fourth-order valence-corrected chi connectivity index (χ4v) is 5.37. The Labute approximate surface area is 212 Å². The standard InChI is InChI=1S/C15H14N4O4S2.C7H8O3S/c1-10-3-6-12(7-4-10)25(22,23)17-16-15-18(2)13-8-5-11(19(20)21)9-14(13)24-15;1-6-2-4-7(5-3-6)11(8,9)10/h3-9,17H,1-2H3;2-5H,1H3,(H,8,9,10). The van der Waals surface area contributed by atoms with Crippen molar-refractivity contribution >= 4 is 52.5 Å². The Bertz CT molecular complexity index is 1610. The molecule has 1 heterocycles. The van der Waals surface area contributed by atoms with Gasteiger partial charge in [0, 0.05) is 12.1 Å². The van der Waals surface area contributed by atoms with Crippen molar-refractivity contribution in [2.45, 2.75) is 23.6 Å². The van der Waals surface area contributed by atoms with E-state index in [-0.39, 0.29) is 15.5 Å². The number of anilines is 1. The van der Waals surface area contributed by atoms with Gasteiger partial charge in [-0.3, -0.25) is 10.1 Å². The molecule has 36 heavy (non-hydrogen) atoms. The maximum absolute atomic E-state index is 12.3. The zero-order chi connectivity index (χ0) is 26.7. The maximum Gasteiger partial charge on any atom is 0.353 e. The molecule has 0 amide bonds. The van der Waals surface area contributed by atoms with E-state index < -0.39 is 25.1 Å². The van der Waals surface area contributed by atoms with Crippen LogP contribution in [0, 0.1) is 24.0 Å². The normalized spacial score (nSPS) is 11.6. The van der Waals surface area contributed by atoms with E-state index in [4.69, 9.17) is 0 Å². The van der Waals surface area contributed by atoms with Gasteiger partial charge in [0.25, 0.3) is 15.7 Å². The van der Waals surface area contributed by atoms with Gasteiger partial charge in [-0.2, -0.15) is 5.43 Å². The van der Waals surface area contributed by atoms with Gasteiger partial charge in [-0.05, 0) is 60.3 Å². The van der Waals surface area contributed by atoms with Crippen molar-refractivity contribution in [1.82, 2.24) is 4.83 Å². The molecule has 4 aromatic rings. The summed E-state index contributed by atoms with van der Waals surface area (Å²) in [6, 6.07) is 16.8. The van der Waals surface area contributed by atoms with Crippen molar-refractivity contribution in [2.24, 2.45) is 7.05 Å². The molecule has 0 bridgehead atoms. The summed E-state index contributed by atoms with van der Waals surface area (Å²) < 4.78 is 58.2. The predicted octanol–water partition coefficient (Wildman–Crippen LogP) is 3.15. The topological polar surface area (TPSA) is 162 Å². The highest BCUT2D eigenvalue weighted by molar-refractivity contribution is 7.89. The van der Waals surface area contributed by atoms with Gasteiger partial charge in [-0.15, -0.1) is 0 Å². The van der Waals surface area contributed by atoms with Crippen LogP contribution in [0.15, 0.2) is 76.5 Å². The first-order chi connectivity index (χ1) is 16.8. The lowest BCUT2D eigenvalue weighted by Gasteiger charge is -2.05. The Morgan fingerprint density at radius 3 is 1.89 bits per heavy atom. The molecule has 0 unspecified atom stereocenters. The molecule has 0 radical (unpaired) electrons. The summed E-state index contributed by atoms with van der Waals surface area (Å²) in [7, 11) is -6.25. The number of aromatic nitrogens is 1. The van der Waals surface area contributed by atoms with Crippen molar-refractivity contribution in [3.05, 3.63) is 88.0 Å². The van der Waals surface area contributed by atoms with Crippen molar-refractivity contribution in [3.8, 4) is 0 Å². The largest absolute Gasteiger partial charge is 0.744 e. The van der Waals surface area contributed by atoms with Crippen molar-refractivity contribution in [2.75, 3.05) is 5.43 Å². The van der Waals surface area contributed by atoms with Gasteiger partial charge in [0.05, 0.1) is 26.5 Å². The molecule has 0 saturated heterocycles. The second-order valence-corrected chi connectivity index (χ2v) is 11.8. The number of thiazole rings is 1. The number of fused-ring (bicyclic) bond motifs is 1. The van der Waals surface area contributed by atoms with E-state index in [0.717, 1.165) is 16.6 Å². The lowest BCUT2D eigenvalue weighted by molar-refractivity contribution is -0.626. The number of nitrogens with one attached hydrogen (secondary N) is 2. The van der Waals surface area contributed by atoms with E-state index in [1.807, 2.05) is 13.8 Å². The Balaban J connectivity index is 0.000000275. The van der Waals surface area contributed by atoms with E-state index in [9.17, 15) is 31.5 Å². The first-order valence-electron chi connectivity index (χ1n) is 10.2. The maximum atomic E-state index is 12.3. The fourth-order valence-electron chi connectivity index (χ4n) is 2.96. The quantitative estimate of drug-likeness (QED) is 0.160. The van der Waals surface area contributed by atoms with E-state index >= 15 is 0 Å². The van der Waals surface area contributed by atoms with Crippen LogP contribution in [-0.4, -0.2) is 26.3 Å². The molecule has 0 atom stereocenters. The lowest BCUT2D eigenvalue weighted by Crippen LogP contribution is -2.37. The molecule has 2 N–H and O–H groups in total. The van der Waals surface area contributed by atoms with Crippen LogP contribution >= 0.6 is 11.3 Å². The number of sulfonamides is 1. The minimum absolute atomic E-state index is 0.0128. The molecule has 4 rings (SSSR count). The monoisotopic (exact) mass is 550 g/mol. The molecule has 0 aliphatic carbocycles. The van der Waals surface area contributed by atoms with Crippen LogP contribution < -0.4 is 14.8 Å². The summed E-state index contributed by atoms with van der Waals surface area (Å²) in [5.41, 5.74) is 5.31.